The smallest absolute Gasteiger partial charge is 0.0415 e. The van der Waals surface area contributed by atoms with Crippen molar-refractivity contribution < 1.29 is 0 Å². The molecule has 3 rings (SSSR count). The lowest BCUT2D eigenvalue weighted by atomic mass is 10.0. The van der Waals surface area contributed by atoms with Gasteiger partial charge in [-0.15, -0.1) is 0 Å². The van der Waals surface area contributed by atoms with Gasteiger partial charge in [0.2, 0.25) is 0 Å². The lowest BCUT2D eigenvalue weighted by Crippen LogP contribution is -2.55. The third-order valence-electron chi connectivity index (χ3n) is 4.46. The predicted molar refractivity (Wildman–Crippen MR) is 75.7 cm³/mol. The van der Waals surface area contributed by atoms with Crippen molar-refractivity contribution in [3.05, 3.63) is 29.8 Å². The van der Waals surface area contributed by atoms with E-state index in [1.807, 2.05) is 0 Å². The first kappa shape index (κ1) is 12.0. The van der Waals surface area contributed by atoms with E-state index in [-0.39, 0.29) is 0 Å². The summed E-state index contributed by atoms with van der Waals surface area (Å²) < 4.78 is 0. The number of anilines is 1. The number of hydrogen-bond acceptors (Lipinski definition) is 3. The second-order valence-corrected chi connectivity index (χ2v) is 5.63. The highest BCUT2D eigenvalue weighted by atomic mass is 15.3. The molecule has 0 aromatic heterocycles. The van der Waals surface area contributed by atoms with E-state index in [4.69, 9.17) is 5.73 Å². The third kappa shape index (κ3) is 2.02. The molecule has 98 valence electrons. The Kier molecular flexibility index (Phi) is 3.27. The molecule has 2 aliphatic rings. The highest BCUT2D eigenvalue weighted by Crippen LogP contribution is 2.30. The van der Waals surface area contributed by atoms with Crippen LogP contribution in [-0.4, -0.2) is 36.6 Å². The highest BCUT2D eigenvalue weighted by molar-refractivity contribution is 5.55. The zero-order valence-corrected chi connectivity index (χ0v) is 11.2. The topological polar surface area (TPSA) is 32.5 Å². The molecule has 2 N–H and O–H groups in total. The van der Waals surface area contributed by atoms with Gasteiger partial charge in [0, 0.05) is 37.4 Å². The van der Waals surface area contributed by atoms with Crippen LogP contribution in [0.25, 0.3) is 0 Å². The maximum Gasteiger partial charge on any atom is 0.0415 e. The Balaban J connectivity index is 1.86. The van der Waals surface area contributed by atoms with Crippen LogP contribution in [0.2, 0.25) is 0 Å². The van der Waals surface area contributed by atoms with Crippen molar-refractivity contribution >= 4 is 5.69 Å². The van der Waals surface area contributed by atoms with Gasteiger partial charge in [-0.2, -0.15) is 0 Å². The summed E-state index contributed by atoms with van der Waals surface area (Å²) in [5, 5.41) is 0. The quantitative estimate of drug-likeness (QED) is 0.862. The summed E-state index contributed by atoms with van der Waals surface area (Å²) in [5.74, 6) is 0. The maximum atomic E-state index is 5.87. The van der Waals surface area contributed by atoms with Crippen molar-refractivity contribution in [2.24, 2.45) is 5.73 Å². The van der Waals surface area contributed by atoms with E-state index in [2.05, 4.69) is 41.0 Å². The van der Waals surface area contributed by atoms with Crippen molar-refractivity contribution in [2.45, 2.75) is 38.4 Å². The standard InChI is InChI=1S/C15H23N3/c1-12-10-17-8-4-6-14(17)11-18(12)15-7-3-2-5-13(15)9-16/h2-3,5,7,12,14H,4,6,8-11,16H2,1H3. The lowest BCUT2D eigenvalue weighted by Gasteiger charge is -2.44. The second-order valence-electron chi connectivity index (χ2n) is 5.63. The Hall–Kier alpha value is -1.06. The Morgan fingerprint density at radius 3 is 2.94 bits per heavy atom. The van der Waals surface area contributed by atoms with E-state index >= 15 is 0 Å². The minimum Gasteiger partial charge on any atom is -0.366 e. The molecule has 0 amide bonds. The fraction of sp³-hybridized carbons (Fsp3) is 0.600. The van der Waals surface area contributed by atoms with Crippen LogP contribution < -0.4 is 10.6 Å². The molecule has 0 radical (unpaired) electrons. The molecule has 1 aromatic carbocycles. The number of benzene rings is 1. The maximum absolute atomic E-state index is 5.87. The number of rotatable bonds is 2. The van der Waals surface area contributed by atoms with Crippen molar-refractivity contribution in [1.29, 1.82) is 0 Å². The van der Waals surface area contributed by atoms with Gasteiger partial charge in [0.15, 0.2) is 0 Å². The summed E-state index contributed by atoms with van der Waals surface area (Å²) in [6.45, 7) is 6.62. The molecule has 3 nitrogen and oxygen atoms in total. The van der Waals surface area contributed by atoms with Gasteiger partial charge in [0.05, 0.1) is 0 Å². The SMILES string of the molecule is CC1CN2CCCC2CN1c1ccccc1CN. The van der Waals surface area contributed by atoms with Gasteiger partial charge in [-0.25, -0.2) is 0 Å². The highest BCUT2D eigenvalue weighted by Gasteiger charge is 2.34. The zero-order valence-electron chi connectivity index (χ0n) is 11.2. The Labute approximate surface area is 110 Å². The van der Waals surface area contributed by atoms with Gasteiger partial charge < -0.3 is 10.6 Å². The lowest BCUT2D eigenvalue weighted by molar-refractivity contribution is 0.203. The summed E-state index contributed by atoms with van der Waals surface area (Å²) in [4.78, 5) is 5.22. The first-order valence-electron chi connectivity index (χ1n) is 7.08. The Bertz CT molecular complexity index is 418. The van der Waals surface area contributed by atoms with E-state index < -0.39 is 0 Å². The summed E-state index contributed by atoms with van der Waals surface area (Å²) in [7, 11) is 0. The van der Waals surface area contributed by atoms with Crippen LogP contribution in [0.5, 0.6) is 0 Å². The summed E-state index contributed by atoms with van der Waals surface area (Å²) in [5.41, 5.74) is 8.49. The molecule has 0 aliphatic carbocycles. The molecular weight excluding hydrogens is 222 g/mol. The van der Waals surface area contributed by atoms with Crippen LogP contribution in [0.4, 0.5) is 5.69 Å². The van der Waals surface area contributed by atoms with Gasteiger partial charge >= 0.3 is 0 Å². The molecule has 2 fully saturated rings. The van der Waals surface area contributed by atoms with E-state index in [1.54, 1.807) is 0 Å². The Morgan fingerprint density at radius 2 is 2.11 bits per heavy atom. The molecule has 0 spiro atoms. The number of fused-ring (bicyclic) bond motifs is 1. The van der Waals surface area contributed by atoms with Crippen LogP contribution >= 0.6 is 0 Å². The van der Waals surface area contributed by atoms with Crippen molar-refractivity contribution in [3.8, 4) is 0 Å². The minimum absolute atomic E-state index is 0.590. The van der Waals surface area contributed by atoms with Gasteiger partial charge in [-0.05, 0) is 37.9 Å². The van der Waals surface area contributed by atoms with Crippen LogP contribution in [0.1, 0.15) is 25.3 Å². The summed E-state index contributed by atoms with van der Waals surface area (Å²) >= 11 is 0. The second kappa shape index (κ2) is 4.90. The van der Waals surface area contributed by atoms with E-state index in [9.17, 15) is 0 Å². The molecule has 0 bridgehead atoms. The fourth-order valence-corrected chi connectivity index (χ4v) is 3.49. The molecule has 1 aromatic rings. The van der Waals surface area contributed by atoms with Crippen LogP contribution in [-0.2, 0) is 6.54 Å². The average molecular weight is 245 g/mol. The first-order chi connectivity index (χ1) is 8.79. The van der Waals surface area contributed by atoms with Crippen LogP contribution in [0, 0.1) is 0 Å². The van der Waals surface area contributed by atoms with E-state index in [0.29, 0.717) is 12.6 Å². The molecule has 2 saturated heterocycles. The van der Waals surface area contributed by atoms with Gasteiger partial charge in [0.25, 0.3) is 0 Å². The van der Waals surface area contributed by atoms with Crippen LogP contribution in [0.3, 0.4) is 0 Å². The van der Waals surface area contributed by atoms with Crippen LogP contribution in [0.15, 0.2) is 24.3 Å². The van der Waals surface area contributed by atoms with Gasteiger partial charge in [-0.3, -0.25) is 4.90 Å². The molecule has 18 heavy (non-hydrogen) atoms. The molecule has 3 heteroatoms. The predicted octanol–water partition coefficient (Wildman–Crippen LogP) is 1.82. The van der Waals surface area contributed by atoms with E-state index in [1.165, 1.54) is 37.2 Å². The van der Waals surface area contributed by atoms with E-state index in [0.717, 1.165) is 12.6 Å². The monoisotopic (exact) mass is 245 g/mol. The molecular formula is C15H23N3. The normalized spacial score (nSPS) is 28.4. The third-order valence-corrected chi connectivity index (χ3v) is 4.46. The molecule has 2 atom stereocenters. The molecule has 2 unspecified atom stereocenters. The van der Waals surface area contributed by atoms with Crippen molar-refractivity contribution in [1.82, 2.24) is 4.90 Å². The number of nitrogens with zero attached hydrogens (tertiary/aromatic N) is 2. The average Bonchev–Trinajstić information content (AvgIpc) is 2.84. The largest absolute Gasteiger partial charge is 0.366 e. The summed E-state index contributed by atoms with van der Waals surface area (Å²) in [6, 6.07) is 9.94. The number of piperazine rings is 1. The minimum atomic E-state index is 0.590. The number of para-hydroxylation sites is 1. The zero-order chi connectivity index (χ0) is 12.5. The Morgan fingerprint density at radius 1 is 1.28 bits per heavy atom. The fourth-order valence-electron chi connectivity index (χ4n) is 3.49. The first-order valence-corrected chi connectivity index (χ1v) is 7.08. The van der Waals surface area contributed by atoms with Gasteiger partial charge in [-0.1, -0.05) is 18.2 Å². The molecule has 2 heterocycles. The van der Waals surface area contributed by atoms with Crippen molar-refractivity contribution in [2.75, 3.05) is 24.5 Å². The molecule has 0 saturated carbocycles. The number of nitrogens with two attached hydrogens (primary N) is 1. The van der Waals surface area contributed by atoms with Gasteiger partial charge in [0.1, 0.15) is 0 Å². The summed E-state index contributed by atoms with van der Waals surface area (Å²) in [6.07, 6.45) is 2.72. The van der Waals surface area contributed by atoms with Crippen molar-refractivity contribution in [3.63, 3.8) is 0 Å². The number of hydrogen-bond donors (Lipinski definition) is 1. The molecule has 2 aliphatic heterocycles.